The van der Waals surface area contributed by atoms with Gasteiger partial charge >= 0.3 is 0 Å². The van der Waals surface area contributed by atoms with E-state index in [0.29, 0.717) is 6.04 Å². The SMILES string of the molecule is C=[N+](C)C(C)C(C)(C)C(C)(C)C=CC. The van der Waals surface area contributed by atoms with Crippen LogP contribution in [0.15, 0.2) is 12.2 Å². The van der Waals surface area contributed by atoms with E-state index in [9.17, 15) is 0 Å². The number of hydrogen-bond acceptors (Lipinski definition) is 0. The molecule has 0 aliphatic carbocycles. The molecule has 0 heterocycles. The second-order valence-corrected chi connectivity index (χ2v) is 5.38. The van der Waals surface area contributed by atoms with Crippen LogP contribution in [0.25, 0.3) is 0 Å². The Bertz CT molecular complexity index is 234. The third-order valence-corrected chi connectivity index (χ3v) is 3.95. The second kappa shape index (κ2) is 4.29. The van der Waals surface area contributed by atoms with Crippen LogP contribution >= 0.6 is 0 Å². The van der Waals surface area contributed by atoms with E-state index in [1.807, 2.05) is 11.6 Å². The number of nitrogens with zero attached hydrogens (tertiary/aromatic N) is 1. The van der Waals surface area contributed by atoms with Crippen LogP contribution in [0.5, 0.6) is 0 Å². The van der Waals surface area contributed by atoms with Crippen LogP contribution in [0.2, 0.25) is 0 Å². The fourth-order valence-electron chi connectivity index (χ4n) is 1.72. The quantitative estimate of drug-likeness (QED) is 0.368. The van der Waals surface area contributed by atoms with E-state index in [2.05, 4.69) is 60.4 Å². The summed E-state index contributed by atoms with van der Waals surface area (Å²) in [4.78, 5) is 0. The molecule has 0 aromatic heterocycles. The molecule has 0 aromatic carbocycles. The average molecular weight is 196 g/mol. The third kappa shape index (κ3) is 2.46. The average Bonchev–Trinajstić information content (AvgIpc) is 2.02. The van der Waals surface area contributed by atoms with E-state index < -0.39 is 0 Å². The Balaban J connectivity index is 5.02. The maximum atomic E-state index is 3.99. The van der Waals surface area contributed by atoms with Crippen molar-refractivity contribution in [3.8, 4) is 0 Å². The van der Waals surface area contributed by atoms with E-state index in [4.69, 9.17) is 0 Å². The largest absolute Gasteiger partial charge is 0.242 e. The predicted octanol–water partition coefficient (Wildman–Crippen LogP) is 3.35. The maximum absolute atomic E-state index is 3.99. The molecule has 1 heteroatoms. The molecule has 0 amide bonds. The summed E-state index contributed by atoms with van der Waals surface area (Å²) in [6.07, 6.45) is 4.42. The van der Waals surface area contributed by atoms with Crippen molar-refractivity contribution in [1.82, 2.24) is 0 Å². The molecule has 14 heavy (non-hydrogen) atoms. The van der Waals surface area contributed by atoms with Crippen molar-refractivity contribution in [2.24, 2.45) is 10.8 Å². The lowest BCUT2D eigenvalue weighted by molar-refractivity contribution is -0.547. The first kappa shape index (κ1) is 13.4. The van der Waals surface area contributed by atoms with Crippen LogP contribution in [-0.2, 0) is 0 Å². The molecular weight excluding hydrogens is 170 g/mol. The topological polar surface area (TPSA) is 3.01 Å². The van der Waals surface area contributed by atoms with Crippen LogP contribution in [-0.4, -0.2) is 24.4 Å². The van der Waals surface area contributed by atoms with E-state index in [-0.39, 0.29) is 10.8 Å². The van der Waals surface area contributed by atoms with Crippen molar-refractivity contribution in [1.29, 1.82) is 0 Å². The van der Waals surface area contributed by atoms with Crippen LogP contribution in [0.4, 0.5) is 0 Å². The number of allylic oxidation sites excluding steroid dienone is 2. The molecule has 0 spiro atoms. The molecule has 0 fully saturated rings. The van der Waals surface area contributed by atoms with E-state index in [1.54, 1.807) is 0 Å². The van der Waals surface area contributed by atoms with Gasteiger partial charge in [-0.25, -0.2) is 4.58 Å². The Kier molecular flexibility index (Phi) is 4.11. The molecule has 1 nitrogen and oxygen atoms in total. The van der Waals surface area contributed by atoms with Crippen molar-refractivity contribution in [3.63, 3.8) is 0 Å². The van der Waals surface area contributed by atoms with Gasteiger partial charge in [0, 0.05) is 5.41 Å². The minimum absolute atomic E-state index is 0.188. The van der Waals surface area contributed by atoms with E-state index in [0.717, 1.165) is 0 Å². The first-order valence-corrected chi connectivity index (χ1v) is 5.34. The van der Waals surface area contributed by atoms with Gasteiger partial charge < -0.3 is 0 Å². The number of rotatable bonds is 4. The summed E-state index contributed by atoms with van der Waals surface area (Å²) in [7, 11) is 2.04. The zero-order chi connectivity index (χ0) is 11.6. The van der Waals surface area contributed by atoms with Crippen molar-refractivity contribution >= 4 is 6.72 Å². The zero-order valence-electron chi connectivity index (χ0n) is 10.9. The Morgan fingerprint density at radius 3 is 1.93 bits per heavy atom. The number of hydrogen-bond donors (Lipinski definition) is 0. The second-order valence-electron chi connectivity index (χ2n) is 5.38. The summed E-state index contributed by atoms with van der Waals surface area (Å²) in [5.41, 5.74) is 0.392. The molecule has 82 valence electrons. The summed E-state index contributed by atoms with van der Waals surface area (Å²) >= 11 is 0. The predicted molar refractivity (Wildman–Crippen MR) is 65.1 cm³/mol. The van der Waals surface area contributed by atoms with Crippen LogP contribution < -0.4 is 0 Å². The fourth-order valence-corrected chi connectivity index (χ4v) is 1.72. The molecule has 0 N–H and O–H groups in total. The molecule has 1 unspecified atom stereocenters. The van der Waals surface area contributed by atoms with Crippen molar-refractivity contribution in [2.75, 3.05) is 7.05 Å². The minimum atomic E-state index is 0.188. The van der Waals surface area contributed by atoms with Gasteiger partial charge in [0.2, 0.25) is 0 Å². The molecule has 0 saturated heterocycles. The summed E-state index contributed by atoms with van der Waals surface area (Å²) in [6, 6.07) is 0.453. The van der Waals surface area contributed by atoms with Crippen LogP contribution in [0.1, 0.15) is 41.5 Å². The standard InChI is InChI=1S/C13H26N/c1-9-10-12(3,4)13(5,6)11(2)14(7)8/h9-11H,7H2,1-6,8H3/q+1. The van der Waals surface area contributed by atoms with Gasteiger partial charge in [0.15, 0.2) is 6.04 Å². The third-order valence-electron chi connectivity index (χ3n) is 3.95. The Labute approximate surface area is 89.5 Å². The van der Waals surface area contributed by atoms with E-state index in [1.165, 1.54) is 0 Å². The summed E-state index contributed by atoms with van der Waals surface area (Å²) in [5, 5.41) is 0. The molecule has 1 atom stereocenters. The highest BCUT2D eigenvalue weighted by atomic mass is 15.0. The summed E-state index contributed by atoms with van der Waals surface area (Å²) < 4.78 is 2.05. The lowest BCUT2D eigenvalue weighted by atomic mass is 9.64. The Morgan fingerprint density at radius 1 is 1.21 bits per heavy atom. The lowest BCUT2D eigenvalue weighted by Crippen LogP contribution is -2.44. The molecular formula is C13H26N+. The molecule has 0 bridgehead atoms. The van der Waals surface area contributed by atoms with Gasteiger partial charge in [-0.15, -0.1) is 0 Å². The van der Waals surface area contributed by atoms with Crippen molar-refractivity contribution in [3.05, 3.63) is 12.2 Å². The van der Waals surface area contributed by atoms with Crippen molar-refractivity contribution in [2.45, 2.75) is 47.6 Å². The van der Waals surface area contributed by atoms with E-state index >= 15 is 0 Å². The van der Waals surface area contributed by atoms with Gasteiger partial charge in [0.1, 0.15) is 13.8 Å². The minimum Gasteiger partial charge on any atom is -0.242 e. The maximum Gasteiger partial charge on any atom is 0.154 e. The normalized spacial score (nSPS) is 15.9. The Hall–Kier alpha value is -0.590. The molecule has 0 rings (SSSR count). The highest BCUT2D eigenvalue weighted by molar-refractivity contribution is 5.15. The van der Waals surface area contributed by atoms with Gasteiger partial charge in [-0.05, 0) is 19.3 Å². The molecule has 0 saturated carbocycles. The molecule has 0 aromatic rings. The molecule has 0 aliphatic heterocycles. The smallest absolute Gasteiger partial charge is 0.154 e. The van der Waals surface area contributed by atoms with Gasteiger partial charge in [-0.1, -0.05) is 39.8 Å². The Morgan fingerprint density at radius 2 is 1.64 bits per heavy atom. The van der Waals surface area contributed by atoms with Crippen LogP contribution in [0.3, 0.4) is 0 Å². The molecule has 0 aliphatic rings. The first-order valence-electron chi connectivity index (χ1n) is 5.34. The van der Waals surface area contributed by atoms with Gasteiger partial charge in [-0.2, -0.15) is 0 Å². The van der Waals surface area contributed by atoms with Gasteiger partial charge in [0.25, 0.3) is 0 Å². The molecule has 0 radical (unpaired) electrons. The fraction of sp³-hybridized carbons (Fsp3) is 0.769. The van der Waals surface area contributed by atoms with Crippen LogP contribution in [0, 0.1) is 10.8 Å². The summed E-state index contributed by atoms with van der Waals surface area (Å²) in [5.74, 6) is 0. The van der Waals surface area contributed by atoms with Gasteiger partial charge in [-0.3, -0.25) is 0 Å². The zero-order valence-corrected chi connectivity index (χ0v) is 10.9. The first-order chi connectivity index (χ1) is 6.16. The highest BCUT2D eigenvalue weighted by Gasteiger charge is 2.43. The van der Waals surface area contributed by atoms with Gasteiger partial charge in [0.05, 0.1) is 0 Å². The highest BCUT2D eigenvalue weighted by Crippen LogP contribution is 2.43. The monoisotopic (exact) mass is 196 g/mol. The summed E-state index contributed by atoms with van der Waals surface area (Å²) in [6.45, 7) is 17.5. The van der Waals surface area contributed by atoms with Crippen molar-refractivity contribution < 1.29 is 4.58 Å². The lowest BCUT2D eigenvalue weighted by Gasteiger charge is -2.41.